The summed E-state index contributed by atoms with van der Waals surface area (Å²) in [6.45, 7) is 5.38. The van der Waals surface area contributed by atoms with E-state index in [1.165, 1.54) is 16.4 Å². The first-order valence-corrected chi connectivity index (χ1v) is 9.80. The van der Waals surface area contributed by atoms with Crippen LogP contribution in [0.2, 0.25) is 0 Å². The van der Waals surface area contributed by atoms with Crippen molar-refractivity contribution in [3.8, 4) is 0 Å². The molecule has 0 unspecified atom stereocenters. The fourth-order valence-corrected chi connectivity index (χ4v) is 4.42. The van der Waals surface area contributed by atoms with Crippen molar-refractivity contribution < 1.29 is 16.8 Å². The van der Waals surface area contributed by atoms with E-state index in [1.54, 1.807) is 39.0 Å². The van der Waals surface area contributed by atoms with Crippen LogP contribution in [-0.2, 0) is 20.0 Å². The summed E-state index contributed by atoms with van der Waals surface area (Å²) in [4.78, 5) is 0.159. The van der Waals surface area contributed by atoms with Crippen LogP contribution in [0.1, 0.15) is 20.8 Å². The van der Waals surface area contributed by atoms with Crippen LogP contribution >= 0.6 is 0 Å². The van der Waals surface area contributed by atoms with Crippen molar-refractivity contribution in [2.75, 3.05) is 19.3 Å². The van der Waals surface area contributed by atoms with E-state index in [-0.39, 0.29) is 18.0 Å². The molecule has 1 rings (SSSR count). The molecule has 1 aromatic carbocycles. The highest BCUT2D eigenvalue weighted by molar-refractivity contribution is 7.89. The first kappa shape index (κ1) is 18.1. The number of rotatable bonds is 6. The molecule has 0 saturated carbocycles. The third-order valence-electron chi connectivity index (χ3n) is 2.81. The van der Waals surface area contributed by atoms with Gasteiger partial charge in [-0.05, 0) is 32.9 Å². The van der Waals surface area contributed by atoms with Gasteiger partial charge >= 0.3 is 0 Å². The van der Waals surface area contributed by atoms with Crippen molar-refractivity contribution in [2.45, 2.75) is 31.2 Å². The molecule has 21 heavy (non-hydrogen) atoms. The minimum absolute atomic E-state index is 0.0154. The van der Waals surface area contributed by atoms with E-state index in [0.717, 1.165) is 6.26 Å². The highest BCUT2D eigenvalue weighted by atomic mass is 32.2. The maximum atomic E-state index is 12.0. The number of benzene rings is 1. The predicted molar refractivity (Wildman–Crippen MR) is 82.9 cm³/mol. The van der Waals surface area contributed by atoms with Crippen LogP contribution < -0.4 is 4.72 Å². The number of hydrogen-bond donors (Lipinski definition) is 1. The van der Waals surface area contributed by atoms with Gasteiger partial charge in [0, 0.05) is 18.6 Å². The van der Waals surface area contributed by atoms with Gasteiger partial charge in [-0.15, -0.1) is 0 Å². The smallest absolute Gasteiger partial charge is 0.212 e. The molecule has 0 aliphatic carbocycles. The highest BCUT2D eigenvalue weighted by Crippen LogP contribution is 2.16. The van der Waals surface area contributed by atoms with Gasteiger partial charge < -0.3 is 0 Å². The van der Waals surface area contributed by atoms with E-state index in [1.807, 2.05) is 0 Å². The lowest BCUT2D eigenvalue weighted by atomic mass is 10.1. The van der Waals surface area contributed by atoms with Gasteiger partial charge in [0.05, 0.1) is 11.2 Å². The molecule has 6 nitrogen and oxygen atoms in total. The first-order chi connectivity index (χ1) is 9.44. The fraction of sp³-hybridized carbons (Fsp3) is 0.538. The second kappa shape index (κ2) is 6.43. The Balaban J connectivity index is 2.76. The first-order valence-electron chi connectivity index (χ1n) is 6.47. The second-order valence-electron chi connectivity index (χ2n) is 5.72. The molecule has 1 N–H and O–H groups in total. The molecule has 8 heteroatoms. The van der Waals surface area contributed by atoms with E-state index in [9.17, 15) is 16.8 Å². The largest absolute Gasteiger partial charge is 0.240 e. The minimum Gasteiger partial charge on any atom is -0.212 e. The van der Waals surface area contributed by atoms with Gasteiger partial charge in [-0.1, -0.05) is 18.2 Å². The van der Waals surface area contributed by atoms with Crippen LogP contribution in [0.4, 0.5) is 0 Å². The van der Waals surface area contributed by atoms with E-state index in [0.29, 0.717) is 0 Å². The predicted octanol–water partition coefficient (Wildman–Crippen LogP) is 1.03. The second-order valence-corrected chi connectivity index (χ2v) is 9.39. The summed E-state index contributed by atoms with van der Waals surface area (Å²) in [5.74, 6) is 0. The lowest BCUT2D eigenvalue weighted by Crippen LogP contribution is -2.48. The molecule has 0 aliphatic rings. The monoisotopic (exact) mass is 334 g/mol. The Morgan fingerprint density at radius 2 is 1.57 bits per heavy atom. The zero-order valence-corrected chi connectivity index (χ0v) is 14.3. The standard InChI is InChI=1S/C13H22N2O4S2/c1-13(2,3)15(20(4,16)17)11-10-14-21(18,19)12-8-6-5-7-9-12/h5-9,14H,10-11H2,1-4H3. The number of nitrogens with one attached hydrogen (secondary N) is 1. The molecule has 0 saturated heterocycles. The van der Waals surface area contributed by atoms with Gasteiger partial charge in [0.1, 0.15) is 0 Å². The minimum atomic E-state index is -3.62. The van der Waals surface area contributed by atoms with Crippen molar-refractivity contribution in [3.63, 3.8) is 0 Å². The lowest BCUT2D eigenvalue weighted by Gasteiger charge is -2.33. The zero-order chi connectivity index (χ0) is 16.3. The molecule has 0 heterocycles. The van der Waals surface area contributed by atoms with Gasteiger partial charge in [0.25, 0.3) is 0 Å². The summed E-state index contributed by atoms with van der Waals surface area (Å²) in [6.07, 6.45) is 1.12. The average molecular weight is 334 g/mol. The highest BCUT2D eigenvalue weighted by Gasteiger charge is 2.29. The topological polar surface area (TPSA) is 83.6 Å². The summed E-state index contributed by atoms with van der Waals surface area (Å²) in [7, 11) is -7.02. The van der Waals surface area contributed by atoms with Crippen molar-refractivity contribution in [2.24, 2.45) is 0 Å². The lowest BCUT2D eigenvalue weighted by molar-refractivity contribution is 0.254. The van der Waals surface area contributed by atoms with Gasteiger partial charge in [-0.25, -0.2) is 21.6 Å². The molecule has 120 valence electrons. The van der Waals surface area contributed by atoms with Gasteiger partial charge in [-0.3, -0.25) is 0 Å². The number of sulfonamides is 2. The Morgan fingerprint density at radius 3 is 2.00 bits per heavy atom. The summed E-state index contributed by atoms with van der Waals surface area (Å²) < 4.78 is 51.3. The Bertz CT molecular complexity index is 662. The van der Waals surface area contributed by atoms with Crippen molar-refractivity contribution in [1.29, 1.82) is 0 Å². The Morgan fingerprint density at radius 1 is 1.05 bits per heavy atom. The molecule has 0 aliphatic heterocycles. The molecular weight excluding hydrogens is 312 g/mol. The van der Waals surface area contributed by atoms with Crippen LogP contribution in [0.15, 0.2) is 35.2 Å². The van der Waals surface area contributed by atoms with Crippen molar-refractivity contribution >= 4 is 20.0 Å². The SMILES string of the molecule is CC(C)(C)N(CCNS(=O)(=O)c1ccccc1)S(C)(=O)=O. The van der Waals surface area contributed by atoms with Crippen LogP contribution in [0.3, 0.4) is 0 Å². The average Bonchev–Trinajstić information content (AvgIpc) is 2.32. The molecule has 0 aromatic heterocycles. The Labute approximate surface area is 127 Å². The van der Waals surface area contributed by atoms with E-state index in [4.69, 9.17) is 0 Å². The molecule has 0 spiro atoms. The van der Waals surface area contributed by atoms with E-state index >= 15 is 0 Å². The van der Waals surface area contributed by atoms with Crippen LogP contribution in [0, 0.1) is 0 Å². The van der Waals surface area contributed by atoms with E-state index in [2.05, 4.69) is 4.72 Å². The maximum Gasteiger partial charge on any atom is 0.240 e. The fourth-order valence-electron chi connectivity index (χ4n) is 1.96. The van der Waals surface area contributed by atoms with Gasteiger partial charge in [0.2, 0.25) is 20.0 Å². The Hall–Kier alpha value is -0.960. The molecule has 0 fully saturated rings. The molecule has 1 aromatic rings. The van der Waals surface area contributed by atoms with Gasteiger partial charge in [-0.2, -0.15) is 4.31 Å². The molecule has 0 atom stereocenters. The summed E-state index contributed by atoms with van der Waals surface area (Å²) in [5.41, 5.74) is -0.605. The van der Waals surface area contributed by atoms with Gasteiger partial charge in [0.15, 0.2) is 0 Å². The van der Waals surface area contributed by atoms with Crippen LogP contribution in [-0.4, -0.2) is 46.0 Å². The van der Waals surface area contributed by atoms with Crippen molar-refractivity contribution in [1.82, 2.24) is 9.03 Å². The summed E-state index contributed by atoms with van der Waals surface area (Å²) >= 11 is 0. The summed E-state index contributed by atoms with van der Waals surface area (Å²) in [5, 5.41) is 0. The maximum absolute atomic E-state index is 12.0. The van der Waals surface area contributed by atoms with E-state index < -0.39 is 25.6 Å². The molecule has 0 radical (unpaired) electrons. The van der Waals surface area contributed by atoms with Crippen LogP contribution in [0.5, 0.6) is 0 Å². The molecule has 0 amide bonds. The quantitative estimate of drug-likeness (QED) is 0.842. The third-order valence-corrected chi connectivity index (χ3v) is 5.82. The normalized spacial score (nSPS) is 13.6. The zero-order valence-electron chi connectivity index (χ0n) is 12.7. The number of hydrogen-bond acceptors (Lipinski definition) is 4. The van der Waals surface area contributed by atoms with Crippen LogP contribution in [0.25, 0.3) is 0 Å². The third kappa shape index (κ3) is 5.39. The summed E-state index contributed by atoms with van der Waals surface area (Å²) in [6, 6.07) is 7.96. The molecular formula is C13H22N2O4S2. The Kier molecular flexibility index (Phi) is 5.54. The molecule has 0 bridgehead atoms. The van der Waals surface area contributed by atoms with Crippen molar-refractivity contribution in [3.05, 3.63) is 30.3 Å². The number of nitrogens with zero attached hydrogens (tertiary/aromatic N) is 1.